The van der Waals surface area contributed by atoms with Gasteiger partial charge in [0, 0.05) is 17.0 Å². The summed E-state index contributed by atoms with van der Waals surface area (Å²) >= 11 is 0. The summed E-state index contributed by atoms with van der Waals surface area (Å²) in [5, 5.41) is 9.73. The van der Waals surface area contributed by atoms with Gasteiger partial charge in [-0.1, -0.05) is 20.8 Å². The molecular formula is C13H16O3. The summed E-state index contributed by atoms with van der Waals surface area (Å²) < 4.78 is 5.15. The number of aromatic hydroxyl groups is 1. The van der Waals surface area contributed by atoms with E-state index in [0.29, 0.717) is 12.2 Å². The lowest BCUT2D eigenvalue weighted by Crippen LogP contribution is -2.30. The van der Waals surface area contributed by atoms with Crippen LogP contribution in [0.15, 0.2) is 12.1 Å². The molecule has 1 N–H and O–H groups in total. The number of benzene rings is 1. The van der Waals surface area contributed by atoms with Crippen LogP contribution in [0.5, 0.6) is 11.5 Å². The summed E-state index contributed by atoms with van der Waals surface area (Å²) in [7, 11) is 0. The summed E-state index contributed by atoms with van der Waals surface area (Å²) in [6, 6.07) is 3.49. The second-order valence-electron chi connectivity index (χ2n) is 4.87. The van der Waals surface area contributed by atoms with Crippen LogP contribution in [0.2, 0.25) is 0 Å². The summed E-state index contributed by atoms with van der Waals surface area (Å²) in [5.74, 6) is 0.462. The average molecular weight is 220 g/mol. The molecule has 3 heteroatoms. The molecule has 1 heterocycles. The minimum atomic E-state index is -0.235. The summed E-state index contributed by atoms with van der Waals surface area (Å²) in [4.78, 5) is 11.4. The Morgan fingerprint density at radius 2 is 2.12 bits per heavy atom. The fraction of sp³-hybridized carbons (Fsp3) is 0.462. The molecule has 1 aromatic carbocycles. The van der Waals surface area contributed by atoms with Gasteiger partial charge in [0.25, 0.3) is 0 Å². The molecule has 0 saturated carbocycles. The van der Waals surface area contributed by atoms with Crippen LogP contribution in [0.4, 0.5) is 0 Å². The summed E-state index contributed by atoms with van der Waals surface area (Å²) in [6.07, 6.45) is 1.15. The van der Waals surface area contributed by atoms with Gasteiger partial charge in [0.15, 0.2) is 0 Å². The maximum atomic E-state index is 11.4. The maximum absolute atomic E-state index is 11.4. The van der Waals surface area contributed by atoms with E-state index in [-0.39, 0.29) is 17.1 Å². The molecule has 0 saturated heterocycles. The van der Waals surface area contributed by atoms with Crippen LogP contribution >= 0.6 is 0 Å². The molecule has 0 amide bonds. The first-order valence-corrected chi connectivity index (χ1v) is 5.51. The smallest absolute Gasteiger partial charge is 0.312 e. The number of ether oxygens (including phenoxy) is 1. The van der Waals surface area contributed by atoms with Crippen molar-refractivity contribution in [3.63, 3.8) is 0 Å². The highest BCUT2D eigenvalue weighted by Gasteiger charge is 2.34. The number of carbonyl (C=O) groups is 1. The van der Waals surface area contributed by atoms with Gasteiger partial charge < -0.3 is 9.84 Å². The zero-order valence-corrected chi connectivity index (χ0v) is 9.83. The Morgan fingerprint density at radius 1 is 1.44 bits per heavy atom. The Morgan fingerprint density at radius 3 is 2.75 bits per heavy atom. The van der Waals surface area contributed by atoms with E-state index in [2.05, 4.69) is 0 Å². The largest absolute Gasteiger partial charge is 0.508 e. The highest BCUT2D eigenvalue weighted by atomic mass is 16.5. The predicted molar refractivity (Wildman–Crippen MR) is 60.8 cm³/mol. The van der Waals surface area contributed by atoms with Gasteiger partial charge in [-0.15, -0.1) is 0 Å². The van der Waals surface area contributed by atoms with Gasteiger partial charge in [-0.05, 0) is 18.1 Å². The zero-order chi connectivity index (χ0) is 11.9. The fourth-order valence-electron chi connectivity index (χ4n) is 2.13. The first-order chi connectivity index (χ1) is 7.44. The van der Waals surface area contributed by atoms with Gasteiger partial charge in [-0.3, -0.25) is 4.79 Å². The van der Waals surface area contributed by atoms with Crippen molar-refractivity contribution in [2.24, 2.45) is 0 Å². The molecule has 1 aliphatic rings. The summed E-state index contributed by atoms with van der Waals surface area (Å²) in [6.45, 7) is 6.02. The van der Waals surface area contributed by atoms with Crippen molar-refractivity contribution in [3.8, 4) is 11.5 Å². The molecule has 0 bridgehead atoms. The van der Waals surface area contributed by atoms with E-state index in [1.807, 2.05) is 26.8 Å². The average Bonchev–Trinajstić information content (AvgIpc) is 2.15. The van der Waals surface area contributed by atoms with Crippen molar-refractivity contribution < 1.29 is 14.6 Å². The van der Waals surface area contributed by atoms with Crippen molar-refractivity contribution in [3.05, 3.63) is 23.3 Å². The number of esters is 1. The third-order valence-corrected chi connectivity index (χ3v) is 3.10. The number of hydrogen-bond acceptors (Lipinski definition) is 3. The number of aryl methyl sites for hydroxylation is 1. The Kier molecular flexibility index (Phi) is 2.41. The van der Waals surface area contributed by atoms with E-state index in [0.717, 1.165) is 17.5 Å². The van der Waals surface area contributed by atoms with Crippen LogP contribution in [-0.4, -0.2) is 11.1 Å². The number of phenolic OH excluding ortho intramolecular Hbond substituents is 1. The second kappa shape index (κ2) is 3.51. The van der Waals surface area contributed by atoms with Gasteiger partial charge >= 0.3 is 5.97 Å². The van der Waals surface area contributed by atoms with Crippen molar-refractivity contribution in [2.45, 2.75) is 39.0 Å². The van der Waals surface area contributed by atoms with Crippen molar-refractivity contribution in [1.82, 2.24) is 0 Å². The number of phenols is 1. The summed E-state index contributed by atoms with van der Waals surface area (Å²) in [5.41, 5.74) is 1.67. The molecule has 0 atom stereocenters. The predicted octanol–water partition coefficient (Wildman–Crippen LogP) is 2.54. The number of hydrogen-bond donors (Lipinski definition) is 1. The third kappa shape index (κ3) is 1.66. The molecular weight excluding hydrogens is 204 g/mol. The van der Waals surface area contributed by atoms with Crippen LogP contribution in [0.3, 0.4) is 0 Å². The van der Waals surface area contributed by atoms with E-state index in [1.165, 1.54) is 0 Å². The molecule has 16 heavy (non-hydrogen) atoms. The van der Waals surface area contributed by atoms with E-state index in [4.69, 9.17) is 4.74 Å². The molecule has 3 nitrogen and oxygen atoms in total. The monoisotopic (exact) mass is 220 g/mol. The molecule has 86 valence electrons. The van der Waals surface area contributed by atoms with Gasteiger partial charge in [-0.25, -0.2) is 0 Å². The minimum absolute atomic E-state index is 0.201. The lowest BCUT2D eigenvalue weighted by molar-refractivity contribution is -0.136. The van der Waals surface area contributed by atoms with E-state index >= 15 is 0 Å². The molecule has 0 radical (unpaired) electrons. The van der Waals surface area contributed by atoms with Crippen LogP contribution in [0, 0.1) is 0 Å². The van der Waals surface area contributed by atoms with Gasteiger partial charge in [0.05, 0.1) is 6.42 Å². The molecule has 2 rings (SSSR count). The Labute approximate surface area is 95.0 Å². The molecule has 0 spiro atoms. The second-order valence-corrected chi connectivity index (χ2v) is 4.87. The van der Waals surface area contributed by atoms with Crippen molar-refractivity contribution in [2.75, 3.05) is 0 Å². The fourth-order valence-corrected chi connectivity index (χ4v) is 2.13. The van der Waals surface area contributed by atoms with E-state index in [1.54, 1.807) is 6.07 Å². The van der Waals surface area contributed by atoms with Crippen molar-refractivity contribution in [1.29, 1.82) is 0 Å². The topological polar surface area (TPSA) is 46.5 Å². The van der Waals surface area contributed by atoms with Gasteiger partial charge in [0.2, 0.25) is 0 Å². The number of rotatable bonds is 1. The standard InChI is InChI=1S/C13H16O3/c1-4-8-5-9-11(6-10(8)14)16-12(15)7-13(9,2)3/h5-6,14H,4,7H2,1-3H3. The van der Waals surface area contributed by atoms with Gasteiger partial charge in [0.1, 0.15) is 11.5 Å². The van der Waals surface area contributed by atoms with E-state index in [9.17, 15) is 9.90 Å². The number of carbonyl (C=O) groups excluding carboxylic acids is 1. The maximum Gasteiger partial charge on any atom is 0.312 e. The van der Waals surface area contributed by atoms with Crippen LogP contribution in [0.1, 0.15) is 38.3 Å². The first kappa shape index (κ1) is 11.0. The minimum Gasteiger partial charge on any atom is -0.508 e. The van der Waals surface area contributed by atoms with Gasteiger partial charge in [-0.2, -0.15) is 0 Å². The SMILES string of the molecule is CCc1cc2c(cc1O)OC(=O)CC2(C)C. The van der Waals surface area contributed by atoms with Crippen LogP contribution < -0.4 is 4.74 Å². The lowest BCUT2D eigenvalue weighted by Gasteiger charge is -2.31. The molecule has 1 aliphatic heterocycles. The quantitative estimate of drug-likeness (QED) is 0.584. The number of fused-ring (bicyclic) bond motifs is 1. The Bertz CT molecular complexity index is 447. The highest BCUT2D eigenvalue weighted by Crippen LogP contribution is 2.41. The molecule has 0 unspecified atom stereocenters. The Balaban J connectivity index is 2.60. The third-order valence-electron chi connectivity index (χ3n) is 3.10. The molecule has 0 aromatic heterocycles. The normalized spacial score (nSPS) is 17.8. The zero-order valence-electron chi connectivity index (χ0n) is 9.83. The lowest BCUT2D eigenvalue weighted by atomic mass is 9.78. The first-order valence-electron chi connectivity index (χ1n) is 5.51. The molecule has 1 aromatic rings. The van der Waals surface area contributed by atoms with Crippen LogP contribution in [0.25, 0.3) is 0 Å². The Hall–Kier alpha value is -1.51. The van der Waals surface area contributed by atoms with Crippen LogP contribution in [-0.2, 0) is 16.6 Å². The molecule has 0 aliphatic carbocycles. The highest BCUT2D eigenvalue weighted by molar-refractivity contribution is 5.78. The molecule has 0 fully saturated rings. The van der Waals surface area contributed by atoms with E-state index < -0.39 is 0 Å². The van der Waals surface area contributed by atoms with Crippen molar-refractivity contribution >= 4 is 5.97 Å².